The molecule has 0 radical (unpaired) electrons. The molecule has 0 amide bonds. The molecule has 1 unspecified atom stereocenters. The van der Waals surface area contributed by atoms with Crippen molar-refractivity contribution in [3.05, 3.63) is 57.8 Å². The first kappa shape index (κ1) is 12.3. The van der Waals surface area contributed by atoms with E-state index in [1.54, 1.807) is 0 Å². The predicted octanol–water partition coefficient (Wildman–Crippen LogP) is 4.15. The summed E-state index contributed by atoms with van der Waals surface area (Å²) in [5.41, 5.74) is 2.67. The molecule has 1 N–H and O–H groups in total. The molecule has 1 nitrogen and oxygen atoms in total. The van der Waals surface area contributed by atoms with Crippen LogP contribution in [0, 0.1) is 6.92 Å². The van der Waals surface area contributed by atoms with Crippen LogP contribution in [-0.4, -0.2) is 6.54 Å². The van der Waals surface area contributed by atoms with Crippen LogP contribution in [0.5, 0.6) is 0 Å². The Labute approximate surface area is 108 Å². The molecule has 1 atom stereocenters. The van der Waals surface area contributed by atoms with Gasteiger partial charge >= 0.3 is 0 Å². The van der Waals surface area contributed by atoms with E-state index < -0.39 is 0 Å². The van der Waals surface area contributed by atoms with Gasteiger partial charge < -0.3 is 5.32 Å². The maximum atomic E-state index is 3.62. The van der Waals surface area contributed by atoms with E-state index >= 15 is 0 Å². The molecule has 0 spiro atoms. The van der Waals surface area contributed by atoms with Crippen molar-refractivity contribution in [2.45, 2.75) is 26.3 Å². The molecule has 0 aliphatic rings. The lowest BCUT2D eigenvalue weighted by Gasteiger charge is -2.17. The zero-order valence-electron chi connectivity index (χ0n) is 10.4. The van der Waals surface area contributed by atoms with E-state index in [4.69, 9.17) is 0 Å². The Bertz CT molecular complexity index is 430. The van der Waals surface area contributed by atoms with Gasteiger partial charge in [-0.1, -0.05) is 42.8 Å². The fourth-order valence-electron chi connectivity index (χ4n) is 1.89. The van der Waals surface area contributed by atoms with Gasteiger partial charge in [-0.05, 0) is 36.9 Å². The van der Waals surface area contributed by atoms with E-state index in [1.807, 2.05) is 11.3 Å². The summed E-state index contributed by atoms with van der Waals surface area (Å²) in [7, 11) is 0. The van der Waals surface area contributed by atoms with Gasteiger partial charge in [-0.15, -0.1) is 11.3 Å². The number of nitrogens with one attached hydrogen (secondary N) is 1. The van der Waals surface area contributed by atoms with Gasteiger partial charge in [0.1, 0.15) is 0 Å². The first-order valence-corrected chi connectivity index (χ1v) is 7.02. The summed E-state index contributed by atoms with van der Waals surface area (Å²) in [4.78, 5) is 1.39. The molecule has 0 bridgehead atoms. The van der Waals surface area contributed by atoms with Crippen LogP contribution in [0.3, 0.4) is 0 Å². The normalized spacial score (nSPS) is 12.6. The van der Waals surface area contributed by atoms with Gasteiger partial charge in [-0.2, -0.15) is 0 Å². The summed E-state index contributed by atoms with van der Waals surface area (Å²) in [6.45, 7) is 5.38. The lowest BCUT2D eigenvalue weighted by atomic mass is 10.0. The first-order chi connectivity index (χ1) is 8.31. The average molecular weight is 245 g/mol. The van der Waals surface area contributed by atoms with E-state index in [0.29, 0.717) is 6.04 Å². The lowest BCUT2D eigenvalue weighted by Crippen LogP contribution is -2.22. The Hall–Kier alpha value is -1.12. The molecule has 0 saturated heterocycles. The summed E-state index contributed by atoms with van der Waals surface area (Å²) in [6, 6.07) is 13.5. The van der Waals surface area contributed by atoms with E-state index in [-0.39, 0.29) is 0 Å². The van der Waals surface area contributed by atoms with Crippen molar-refractivity contribution < 1.29 is 0 Å². The van der Waals surface area contributed by atoms with Crippen molar-refractivity contribution in [3.8, 4) is 0 Å². The van der Waals surface area contributed by atoms with Crippen LogP contribution in [-0.2, 0) is 0 Å². The topological polar surface area (TPSA) is 12.0 Å². The quantitative estimate of drug-likeness (QED) is 0.834. The third-order valence-electron chi connectivity index (χ3n) is 2.84. The smallest absolute Gasteiger partial charge is 0.0671 e. The van der Waals surface area contributed by atoms with Crippen molar-refractivity contribution in [1.29, 1.82) is 0 Å². The zero-order chi connectivity index (χ0) is 12.1. The van der Waals surface area contributed by atoms with Crippen molar-refractivity contribution >= 4 is 11.3 Å². The Morgan fingerprint density at radius 1 is 1.18 bits per heavy atom. The molecule has 1 heterocycles. The minimum Gasteiger partial charge on any atom is -0.306 e. The van der Waals surface area contributed by atoms with Gasteiger partial charge in [0.2, 0.25) is 0 Å². The molecule has 2 rings (SSSR count). The monoisotopic (exact) mass is 245 g/mol. The van der Waals surface area contributed by atoms with E-state index in [0.717, 1.165) is 13.0 Å². The SMILES string of the molecule is CCCNC(c1ccc(C)cc1)c1cccs1. The molecule has 1 aromatic heterocycles. The van der Waals surface area contributed by atoms with Crippen LogP contribution in [0.1, 0.15) is 35.4 Å². The Kier molecular flexibility index (Phi) is 4.35. The summed E-state index contributed by atoms with van der Waals surface area (Å²) in [6.07, 6.45) is 1.16. The number of benzene rings is 1. The molecule has 0 aliphatic heterocycles. The van der Waals surface area contributed by atoms with Gasteiger partial charge in [-0.25, -0.2) is 0 Å². The molecular weight excluding hydrogens is 226 g/mol. The van der Waals surface area contributed by atoms with Gasteiger partial charge in [0, 0.05) is 4.88 Å². The molecule has 17 heavy (non-hydrogen) atoms. The molecule has 90 valence electrons. The number of aryl methyl sites for hydroxylation is 1. The molecule has 0 aliphatic carbocycles. The largest absolute Gasteiger partial charge is 0.306 e. The van der Waals surface area contributed by atoms with Gasteiger partial charge in [0.05, 0.1) is 6.04 Å². The second-order valence-electron chi connectivity index (χ2n) is 4.31. The fourth-order valence-corrected chi connectivity index (χ4v) is 2.71. The standard InChI is InChI=1S/C15H19NS/c1-3-10-16-15(14-5-4-11-17-14)13-8-6-12(2)7-9-13/h4-9,11,15-16H,3,10H2,1-2H3. The minimum absolute atomic E-state index is 0.343. The predicted molar refractivity (Wildman–Crippen MR) is 75.6 cm³/mol. The van der Waals surface area contributed by atoms with Crippen LogP contribution in [0.25, 0.3) is 0 Å². The number of hydrogen-bond acceptors (Lipinski definition) is 2. The molecule has 2 aromatic rings. The molecule has 0 fully saturated rings. The Morgan fingerprint density at radius 3 is 2.53 bits per heavy atom. The highest BCUT2D eigenvalue weighted by Gasteiger charge is 2.13. The summed E-state index contributed by atoms with van der Waals surface area (Å²) >= 11 is 1.82. The number of rotatable bonds is 5. The Morgan fingerprint density at radius 2 is 1.94 bits per heavy atom. The highest BCUT2D eigenvalue weighted by molar-refractivity contribution is 7.10. The third-order valence-corrected chi connectivity index (χ3v) is 3.77. The number of hydrogen-bond donors (Lipinski definition) is 1. The van der Waals surface area contributed by atoms with Crippen molar-refractivity contribution in [2.75, 3.05) is 6.54 Å². The lowest BCUT2D eigenvalue weighted by molar-refractivity contribution is 0.606. The maximum Gasteiger partial charge on any atom is 0.0671 e. The molecule has 2 heteroatoms. The summed E-state index contributed by atoms with van der Waals surface area (Å²) in [5.74, 6) is 0. The van der Waals surface area contributed by atoms with Gasteiger partial charge in [0.25, 0.3) is 0 Å². The molecule has 1 aromatic carbocycles. The van der Waals surface area contributed by atoms with E-state index in [2.05, 4.69) is 60.9 Å². The minimum atomic E-state index is 0.343. The van der Waals surface area contributed by atoms with Crippen molar-refractivity contribution in [3.63, 3.8) is 0 Å². The van der Waals surface area contributed by atoms with E-state index in [9.17, 15) is 0 Å². The first-order valence-electron chi connectivity index (χ1n) is 6.14. The maximum absolute atomic E-state index is 3.62. The van der Waals surface area contributed by atoms with Crippen molar-refractivity contribution in [2.24, 2.45) is 0 Å². The molecule has 0 saturated carbocycles. The van der Waals surface area contributed by atoms with Crippen LogP contribution in [0.2, 0.25) is 0 Å². The second kappa shape index (κ2) is 5.99. The molecular formula is C15H19NS. The van der Waals surface area contributed by atoms with Gasteiger partial charge in [0.15, 0.2) is 0 Å². The second-order valence-corrected chi connectivity index (χ2v) is 5.29. The highest BCUT2D eigenvalue weighted by Crippen LogP contribution is 2.26. The van der Waals surface area contributed by atoms with Crippen LogP contribution in [0.15, 0.2) is 41.8 Å². The summed E-state index contributed by atoms with van der Waals surface area (Å²) in [5, 5.41) is 5.76. The van der Waals surface area contributed by atoms with Crippen LogP contribution < -0.4 is 5.32 Å². The number of thiophene rings is 1. The van der Waals surface area contributed by atoms with Crippen LogP contribution >= 0.6 is 11.3 Å². The summed E-state index contributed by atoms with van der Waals surface area (Å²) < 4.78 is 0. The Balaban J connectivity index is 2.23. The third kappa shape index (κ3) is 3.18. The van der Waals surface area contributed by atoms with Crippen molar-refractivity contribution in [1.82, 2.24) is 5.32 Å². The van der Waals surface area contributed by atoms with Crippen LogP contribution in [0.4, 0.5) is 0 Å². The average Bonchev–Trinajstić information content (AvgIpc) is 2.85. The zero-order valence-corrected chi connectivity index (χ0v) is 11.3. The van der Waals surface area contributed by atoms with Gasteiger partial charge in [-0.3, -0.25) is 0 Å². The highest BCUT2D eigenvalue weighted by atomic mass is 32.1. The fraction of sp³-hybridized carbons (Fsp3) is 0.333. The van der Waals surface area contributed by atoms with E-state index in [1.165, 1.54) is 16.0 Å².